The Labute approximate surface area is 142 Å². The lowest BCUT2D eigenvalue weighted by Crippen LogP contribution is -2.53. The topological polar surface area (TPSA) is 137 Å². The molecule has 0 spiro atoms. The number of hydrogen-bond donors (Lipinski definition) is 3. The number of ether oxygens (including phenoxy) is 2. The van der Waals surface area contributed by atoms with Crippen LogP contribution in [0.15, 0.2) is 15.8 Å². The van der Waals surface area contributed by atoms with Gasteiger partial charge in [-0.2, -0.15) is 0 Å². The van der Waals surface area contributed by atoms with Gasteiger partial charge < -0.3 is 20.3 Å². The van der Waals surface area contributed by atoms with E-state index < -0.39 is 53.5 Å². The van der Waals surface area contributed by atoms with Gasteiger partial charge >= 0.3 is 11.7 Å². The van der Waals surface area contributed by atoms with E-state index in [2.05, 4.69) is 4.98 Å². The average Bonchev–Trinajstić information content (AvgIpc) is 2.67. The molecule has 0 saturated carbocycles. The molecule has 2 rings (SSSR count). The first kappa shape index (κ1) is 19.3. The minimum atomic E-state index is -2.41. The average molecular weight is 359 g/mol. The van der Waals surface area contributed by atoms with Crippen molar-refractivity contribution in [2.24, 2.45) is 5.73 Å². The Morgan fingerprint density at radius 1 is 1.56 bits per heavy atom. The first-order valence-electron chi connectivity index (χ1n) is 7.70. The molecule has 0 bridgehead atoms. The Morgan fingerprint density at radius 3 is 2.72 bits per heavy atom. The Balaban J connectivity index is 2.36. The summed E-state index contributed by atoms with van der Waals surface area (Å²) in [6.07, 6.45) is -1.62. The zero-order chi connectivity index (χ0) is 19.2. The third kappa shape index (κ3) is 3.24. The standard InChI is InChI=1S/C15H22FN3O6/c1-7-5-19(13(22)18-10(7)20)12-14(3,16)15(4,23)9(25-12)6-24-11(21)8(2)17/h5,8-9,12,23H,6,17H2,1-4H3,(H,18,20,22)/t8-,9+,12?,14-,15?/m0/s1. The molecule has 1 aromatic heterocycles. The second-order valence-corrected chi connectivity index (χ2v) is 6.60. The van der Waals surface area contributed by atoms with Crippen molar-refractivity contribution in [1.82, 2.24) is 9.55 Å². The van der Waals surface area contributed by atoms with Crippen LogP contribution in [0.1, 0.15) is 32.6 Å². The van der Waals surface area contributed by atoms with Crippen molar-refractivity contribution in [2.45, 2.75) is 57.3 Å². The second-order valence-electron chi connectivity index (χ2n) is 6.60. The van der Waals surface area contributed by atoms with E-state index in [1.54, 1.807) is 0 Å². The fourth-order valence-corrected chi connectivity index (χ4v) is 2.56. The molecule has 0 radical (unpaired) electrons. The minimum absolute atomic E-state index is 0.172. The van der Waals surface area contributed by atoms with Crippen molar-refractivity contribution < 1.29 is 23.8 Å². The number of H-pyrrole nitrogens is 1. The van der Waals surface area contributed by atoms with E-state index in [0.29, 0.717) is 0 Å². The summed E-state index contributed by atoms with van der Waals surface area (Å²) >= 11 is 0. The van der Waals surface area contributed by atoms with Crippen molar-refractivity contribution in [3.63, 3.8) is 0 Å². The molecule has 1 aliphatic heterocycles. The Hall–Kier alpha value is -2.04. The van der Waals surface area contributed by atoms with Gasteiger partial charge in [-0.3, -0.25) is 19.1 Å². The summed E-state index contributed by atoms with van der Waals surface area (Å²) < 4.78 is 26.5. The number of nitrogens with two attached hydrogens (primary N) is 1. The molecule has 10 heteroatoms. The highest BCUT2D eigenvalue weighted by molar-refractivity contribution is 5.74. The van der Waals surface area contributed by atoms with E-state index in [9.17, 15) is 19.5 Å². The molecular formula is C15H22FN3O6. The number of aliphatic hydroxyl groups is 1. The molecule has 2 unspecified atom stereocenters. The Kier molecular flexibility index (Phi) is 4.90. The maximum Gasteiger partial charge on any atom is 0.330 e. The van der Waals surface area contributed by atoms with Crippen LogP contribution >= 0.6 is 0 Å². The minimum Gasteiger partial charge on any atom is -0.462 e. The predicted octanol–water partition coefficient (Wildman–Crippen LogP) is -0.888. The smallest absolute Gasteiger partial charge is 0.330 e. The van der Waals surface area contributed by atoms with Gasteiger partial charge in [0.1, 0.15) is 24.4 Å². The number of rotatable bonds is 4. The van der Waals surface area contributed by atoms with Gasteiger partial charge in [0.2, 0.25) is 0 Å². The van der Waals surface area contributed by atoms with Crippen LogP contribution < -0.4 is 17.0 Å². The summed E-state index contributed by atoms with van der Waals surface area (Å²) in [6, 6.07) is -0.886. The highest BCUT2D eigenvalue weighted by Gasteiger charge is 2.63. The van der Waals surface area contributed by atoms with Gasteiger partial charge in [0, 0.05) is 11.8 Å². The van der Waals surface area contributed by atoms with Crippen molar-refractivity contribution in [3.8, 4) is 0 Å². The summed E-state index contributed by atoms with van der Waals surface area (Å²) in [5.41, 5.74) is -0.413. The summed E-state index contributed by atoms with van der Waals surface area (Å²) in [5.74, 6) is -0.736. The summed E-state index contributed by atoms with van der Waals surface area (Å²) in [6.45, 7) is 4.67. The molecule has 0 amide bonds. The SMILES string of the molecule is Cc1cn(C2O[C@H](COC(=O)[C@H](C)N)C(C)(O)[C@@]2(C)F)c(=O)[nH]c1=O. The lowest BCUT2D eigenvalue weighted by Gasteiger charge is -2.33. The third-order valence-electron chi connectivity index (χ3n) is 4.52. The maximum atomic E-state index is 15.3. The zero-order valence-electron chi connectivity index (χ0n) is 14.4. The fraction of sp³-hybridized carbons (Fsp3) is 0.667. The van der Waals surface area contributed by atoms with E-state index in [1.165, 1.54) is 20.8 Å². The number of hydrogen-bond acceptors (Lipinski definition) is 7. The number of carbonyl (C=O) groups is 1. The normalized spacial score (nSPS) is 33.2. The lowest BCUT2D eigenvalue weighted by molar-refractivity contribution is -0.154. The molecule has 1 aliphatic rings. The van der Waals surface area contributed by atoms with Crippen LogP contribution in [0.4, 0.5) is 4.39 Å². The van der Waals surface area contributed by atoms with E-state index in [1.807, 2.05) is 0 Å². The molecule has 0 aromatic carbocycles. The van der Waals surface area contributed by atoms with Gasteiger partial charge in [-0.25, -0.2) is 9.18 Å². The number of aromatic nitrogens is 2. The largest absolute Gasteiger partial charge is 0.462 e. The third-order valence-corrected chi connectivity index (χ3v) is 4.52. The van der Waals surface area contributed by atoms with Crippen molar-refractivity contribution in [1.29, 1.82) is 0 Å². The number of aryl methyl sites for hydroxylation is 1. The first-order chi connectivity index (χ1) is 11.4. The second kappa shape index (κ2) is 6.36. The van der Waals surface area contributed by atoms with Crippen LogP contribution in [0.25, 0.3) is 0 Å². The molecule has 25 heavy (non-hydrogen) atoms. The number of esters is 1. The molecule has 2 heterocycles. The number of nitrogens with one attached hydrogen (secondary N) is 1. The molecule has 1 aromatic rings. The van der Waals surface area contributed by atoms with Gasteiger partial charge in [0.15, 0.2) is 11.9 Å². The summed E-state index contributed by atoms with van der Waals surface area (Å²) in [7, 11) is 0. The van der Waals surface area contributed by atoms with Crippen LogP contribution in [-0.2, 0) is 14.3 Å². The molecule has 1 fully saturated rings. The molecule has 4 N–H and O–H groups in total. The van der Waals surface area contributed by atoms with E-state index in [-0.39, 0.29) is 5.56 Å². The highest BCUT2D eigenvalue weighted by Crippen LogP contribution is 2.47. The van der Waals surface area contributed by atoms with Crippen LogP contribution in [0.2, 0.25) is 0 Å². The van der Waals surface area contributed by atoms with Gasteiger partial charge in [-0.15, -0.1) is 0 Å². The van der Waals surface area contributed by atoms with Gasteiger partial charge in [-0.1, -0.05) is 0 Å². The van der Waals surface area contributed by atoms with Crippen LogP contribution in [0.5, 0.6) is 0 Å². The summed E-state index contributed by atoms with van der Waals surface area (Å²) in [4.78, 5) is 37.0. The van der Waals surface area contributed by atoms with Crippen LogP contribution in [0, 0.1) is 6.92 Å². The van der Waals surface area contributed by atoms with Gasteiger partial charge in [0.25, 0.3) is 5.56 Å². The Bertz CT molecular complexity index is 782. The number of carbonyl (C=O) groups excluding carboxylic acids is 1. The molecule has 1 saturated heterocycles. The number of nitrogens with zero attached hydrogens (tertiary/aromatic N) is 1. The predicted molar refractivity (Wildman–Crippen MR) is 84.7 cm³/mol. The Morgan fingerprint density at radius 2 is 2.16 bits per heavy atom. The van der Waals surface area contributed by atoms with E-state index >= 15 is 4.39 Å². The number of alkyl halides is 1. The monoisotopic (exact) mass is 359 g/mol. The fourth-order valence-electron chi connectivity index (χ4n) is 2.56. The van der Waals surface area contributed by atoms with Crippen molar-refractivity contribution in [3.05, 3.63) is 32.6 Å². The number of aromatic amines is 1. The molecule has 9 nitrogen and oxygen atoms in total. The van der Waals surface area contributed by atoms with Crippen LogP contribution in [-0.4, -0.2) is 50.6 Å². The summed E-state index contributed by atoms with van der Waals surface area (Å²) in [5, 5.41) is 10.6. The lowest BCUT2D eigenvalue weighted by atomic mass is 9.84. The van der Waals surface area contributed by atoms with Crippen LogP contribution in [0.3, 0.4) is 0 Å². The van der Waals surface area contributed by atoms with Gasteiger partial charge in [-0.05, 0) is 27.7 Å². The number of halogens is 1. The molecule has 140 valence electrons. The molecule has 5 atom stereocenters. The first-order valence-corrected chi connectivity index (χ1v) is 7.70. The van der Waals surface area contributed by atoms with Crippen molar-refractivity contribution in [2.75, 3.05) is 6.61 Å². The maximum absolute atomic E-state index is 15.3. The molecular weight excluding hydrogens is 337 g/mol. The quantitative estimate of drug-likeness (QED) is 0.593. The van der Waals surface area contributed by atoms with Crippen molar-refractivity contribution >= 4 is 5.97 Å². The highest BCUT2D eigenvalue weighted by atomic mass is 19.1. The zero-order valence-corrected chi connectivity index (χ0v) is 14.4. The molecule has 0 aliphatic carbocycles. The van der Waals surface area contributed by atoms with E-state index in [0.717, 1.165) is 17.7 Å². The van der Waals surface area contributed by atoms with E-state index in [4.69, 9.17) is 15.2 Å². The van der Waals surface area contributed by atoms with Gasteiger partial charge in [0.05, 0.1) is 0 Å².